The number of piperidine rings is 1. The van der Waals surface area contributed by atoms with Gasteiger partial charge in [0.25, 0.3) is 11.8 Å². The van der Waals surface area contributed by atoms with Crippen molar-refractivity contribution < 1.29 is 32.1 Å². The Morgan fingerprint density at radius 3 is 2.69 bits per heavy atom. The Kier molecular flexibility index (Phi) is 4.74. The molecule has 0 bridgehead atoms. The topological polar surface area (TPSA) is 95.6 Å². The van der Waals surface area contributed by atoms with Crippen LogP contribution in [0.25, 0.3) is 0 Å². The van der Waals surface area contributed by atoms with E-state index in [1.165, 1.54) is 30.3 Å². The smallest absolute Gasteiger partial charge is 0.346 e. The molecule has 32 heavy (non-hydrogen) atoms. The summed E-state index contributed by atoms with van der Waals surface area (Å²) in [4.78, 5) is 50.0. The zero-order valence-electron chi connectivity index (χ0n) is 19.4. The first-order valence-corrected chi connectivity index (χ1v) is 9.92. The number of rotatable bonds is 5. The predicted octanol–water partition coefficient (Wildman–Crippen LogP) is 2.51. The summed E-state index contributed by atoms with van der Waals surface area (Å²) in [5.74, 6) is -8.12. The molecule has 2 aliphatic heterocycles. The average molecular weight is 465 g/mol. The minimum atomic E-state index is -4.08. The van der Waals surface area contributed by atoms with Crippen LogP contribution < -0.4 is 10.6 Å². The molecule has 2 heterocycles. The zero-order chi connectivity index (χ0) is 25.7. The number of hydrogen-bond acceptors (Lipinski definition) is 4. The van der Waals surface area contributed by atoms with Gasteiger partial charge in [0.2, 0.25) is 11.8 Å². The van der Waals surface area contributed by atoms with Crippen molar-refractivity contribution in [1.29, 1.82) is 0 Å². The van der Waals surface area contributed by atoms with Crippen molar-refractivity contribution in [2.75, 3.05) is 0 Å². The number of amides is 4. The van der Waals surface area contributed by atoms with E-state index >= 15 is 0 Å². The lowest BCUT2D eigenvalue weighted by Gasteiger charge is -2.29. The number of alkyl halides is 2. The number of nitrogens with zero attached hydrogens (tertiary/aromatic N) is 1. The fraction of sp³-hybridized carbons (Fsp3) is 0.273. The molecule has 2 aliphatic rings. The third-order valence-electron chi connectivity index (χ3n) is 5.17. The molecule has 10 heteroatoms. The molecule has 2 aromatic carbocycles. The Hall–Kier alpha value is -3.33. The second-order valence-electron chi connectivity index (χ2n) is 7.28. The van der Waals surface area contributed by atoms with Crippen LogP contribution in [0.3, 0.4) is 0 Å². The van der Waals surface area contributed by atoms with Crippen LogP contribution in [0, 0.1) is 0 Å². The number of fused-ring (bicyclic) bond motifs is 1. The number of hydrogen-bond donors (Lipinski definition) is 2. The summed E-state index contributed by atoms with van der Waals surface area (Å²) in [5, 5.41) is 2.08. The predicted molar refractivity (Wildman–Crippen MR) is 110 cm³/mol. The van der Waals surface area contributed by atoms with Crippen molar-refractivity contribution >= 4 is 35.2 Å². The highest BCUT2D eigenvalue weighted by molar-refractivity contribution is 6.30. The van der Waals surface area contributed by atoms with Gasteiger partial charge in [-0.1, -0.05) is 35.9 Å². The van der Waals surface area contributed by atoms with Gasteiger partial charge in [0.05, 0.1) is 2.74 Å². The lowest BCUT2D eigenvalue weighted by atomic mass is 10.0. The summed E-state index contributed by atoms with van der Waals surface area (Å²) in [6.45, 7) is -2.05. The first-order chi connectivity index (χ1) is 16.4. The summed E-state index contributed by atoms with van der Waals surface area (Å²) in [6, 6.07) is 6.08. The molecule has 1 unspecified atom stereocenters. The Bertz CT molecular complexity index is 1250. The van der Waals surface area contributed by atoms with Crippen molar-refractivity contribution in [3.8, 4) is 0 Å². The van der Waals surface area contributed by atoms with E-state index in [0.29, 0.717) is 5.56 Å². The van der Waals surface area contributed by atoms with E-state index in [0.717, 1.165) is 17.0 Å². The molecule has 2 N–H and O–H groups in total. The van der Waals surface area contributed by atoms with Gasteiger partial charge >= 0.3 is 5.92 Å². The molecular weight excluding hydrogens is 444 g/mol. The number of halogens is 3. The molecule has 4 amide bonds. The van der Waals surface area contributed by atoms with Gasteiger partial charge in [-0.05, 0) is 35.7 Å². The number of imide groups is 1. The largest absolute Gasteiger partial charge is 0.349 e. The van der Waals surface area contributed by atoms with Crippen LogP contribution in [-0.2, 0) is 33.4 Å². The molecule has 0 aliphatic carbocycles. The molecule has 0 saturated carbocycles. The maximum Gasteiger partial charge on any atom is 0.349 e. The number of benzene rings is 2. The van der Waals surface area contributed by atoms with E-state index in [4.69, 9.17) is 15.8 Å². The maximum atomic E-state index is 14.7. The number of carbonyl (C=O) groups excluding carboxylic acids is 4. The number of carbonyl (C=O) groups is 4. The van der Waals surface area contributed by atoms with Crippen LogP contribution in [0.4, 0.5) is 8.78 Å². The van der Waals surface area contributed by atoms with Crippen LogP contribution in [0.5, 0.6) is 0 Å². The molecule has 1 saturated heterocycles. The van der Waals surface area contributed by atoms with Gasteiger partial charge < -0.3 is 10.2 Å². The van der Waals surface area contributed by atoms with E-state index in [2.05, 4.69) is 0 Å². The quantitative estimate of drug-likeness (QED) is 0.665. The zero-order valence-corrected chi connectivity index (χ0v) is 17.2. The third kappa shape index (κ3) is 4.08. The Morgan fingerprint density at radius 2 is 2.00 bits per heavy atom. The summed E-state index contributed by atoms with van der Waals surface area (Å²) >= 11 is 5.69. The minimum absolute atomic E-state index is 0.0176. The van der Waals surface area contributed by atoms with Crippen molar-refractivity contribution in [2.24, 2.45) is 0 Å². The van der Waals surface area contributed by atoms with E-state index in [1.54, 1.807) is 0 Å². The monoisotopic (exact) mass is 464 g/mol. The fourth-order valence-electron chi connectivity index (χ4n) is 3.50. The van der Waals surface area contributed by atoms with Gasteiger partial charge in [0.15, 0.2) is 1.41 Å². The Labute approximate surface area is 191 Å². The van der Waals surface area contributed by atoms with Crippen molar-refractivity contribution in [1.82, 2.24) is 15.5 Å². The molecule has 166 valence electrons. The van der Waals surface area contributed by atoms with E-state index < -0.39 is 47.7 Å². The van der Waals surface area contributed by atoms with Crippen LogP contribution in [0.15, 0.2) is 42.5 Å². The SMILES string of the molecule is [2H]C(c1ccc2c(c1)CN([C@@]1([2H])CCC(=O)NC1=O)C2=O)N([2H])C(=O)C(F)(F)c1ccc(Cl)cc1. The van der Waals surface area contributed by atoms with Crippen molar-refractivity contribution in [3.63, 3.8) is 0 Å². The normalized spacial score (nSPS) is 23.0. The first-order valence-electron chi connectivity index (χ1n) is 11.1. The fourth-order valence-corrected chi connectivity index (χ4v) is 3.63. The highest BCUT2D eigenvalue weighted by atomic mass is 35.5. The maximum absolute atomic E-state index is 14.7. The lowest BCUT2D eigenvalue weighted by Crippen LogP contribution is -2.52. The molecule has 0 spiro atoms. The van der Waals surface area contributed by atoms with Gasteiger partial charge in [0.1, 0.15) is 6.02 Å². The molecule has 2 aromatic rings. The van der Waals surface area contributed by atoms with E-state index in [1.807, 2.05) is 5.32 Å². The molecule has 2 atom stereocenters. The first kappa shape index (κ1) is 18.3. The van der Waals surface area contributed by atoms with Crippen LogP contribution >= 0.6 is 11.6 Å². The second kappa shape index (κ2) is 8.31. The summed E-state index contributed by atoms with van der Waals surface area (Å²) < 4.78 is 53.9. The van der Waals surface area contributed by atoms with Crippen molar-refractivity contribution in [3.05, 3.63) is 69.7 Å². The van der Waals surface area contributed by atoms with Crippen molar-refractivity contribution in [2.45, 2.75) is 37.8 Å². The van der Waals surface area contributed by atoms with Gasteiger partial charge in [-0.15, -0.1) is 0 Å². The number of nitrogens with one attached hydrogen (secondary N) is 2. The third-order valence-corrected chi connectivity index (χ3v) is 5.42. The minimum Gasteiger partial charge on any atom is -0.346 e. The Morgan fingerprint density at radius 1 is 1.28 bits per heavy atom. The van der Waals surface area contributed by atoms with Crippen LogP contribution in [0.1, 0.15) is 42.6 Å². The molecule has 7 nitrogen and oxygen atoms in total. The van der Waals surface area contributed by atoms with Gasteiger partial charge in [0, 0.05) is 35.6 Å². The average Bonchev–Trinajstić information content (AvgIpc) is 3.16. The standard InChI is InChI=1S/C22H18ClF2N3O4/c23-15-4-2-14(3-5-15)22(24,25)21(32)26-10-12-1-6-16-13(9-12)11-28(20(16)31)17-7-8-18(29)27-19(17)30/h1-6,9,17H,7-8,10-11H2,(H,26,32)(H,27,29,30)/t17-/m0/s1/i10D,17D/hD/t10?,17-. The van der Waals surface area contributed by atoms with E-state index in [9.17, 15) is 28.0 Å². The van der Waals surface area contributed by atoms with Gasteiger partial charge in [-0.3, -0.25) is 24.5 Å². The van der Waals surface area contributed by atoms with Crippen LogP contribution in [0.2, 0.25) is 6.43 Å². The molecule has 0 aromatic heterocycles. The summed E-state index contributed by atoms with van der Waals surface area (Å²) in [7, 11) is 0. The Balaban J connectivity index is 1.55. The molecular formula is C22H18ClF2N3O4. The van der Waals surface area contributed by atoms with Crippen LogP contribution in [-0.4, -0.2) is 34.5 Å². The van der Waals surface area contributed by atoms with Gasteiger partial charge in [-0.2, -0.15) is 8.78 Å². The lowest BCUT2D eigenvalue weighted by molar-refractivity contribution is -0.147. The highest BCUT2D eigenvalue weighted by Gasteiger charge is 2.41. The molecule has 4 rings (SSSR count). The molecule has 1 fully saturated rings. The second-order valence-corrected chi connectivity index (χ2v) is 7.71. The van der Waals surface area contributed by atoms with E-state index in [-0.39, 0.29) is 40.8 Å². The van der Waals surface area contributed by atoms with Gasteiger partial charge in [-0.25, -0.2) is 0 Å². The summed E-state index contributed by atoms with van der Waals surface area (Å²) in [5.41, 5.74) is -0.273. The summed E-state index contributed by atoms with van der Waals surface area (Å²) in [6.07, 6.45) is -0.312. The highest BCUT2D eigenvalue weighted by Crippen LogP contribution is 2.30. The molecule has 0 radical (unpaired) electrons.